The van der Waals surface area contributed by atoms with Crippen LogP contribution in [0, 0.1) is 0 Å². The quantitative estimate of drug-likeness (QED) is 0.661. The Labute approximate surface area is 135 Å². The minimum atomic E-state index is -0.406. The molecule has 0 saturated heterocycles. The van der Waals surface area contributed by atoms with E-state index in [1.165, 1.54) is 0 Å². The lowest BCUT2D eigenvalue weighted by Gasteiger charge is -2.17. The van der Waals surface area contributed by atoms with E-state index in [2.05, 4.69) is 26.2 Å². The van der Waals surface area contributed by atoms with Crippen molar-refractivity contribution in [3.05, 3.63) is 30.3 Å². The van der Waals surface area contributed by atoms with Crippen molar-refractivity contribution in [1.29, 1.82) is 0 Å². The number of nitrogens with one attached hydrogen (secondary N) is 2. The summed E-state index contributed by atoms with van der Waals surface area (Å²) in [7, 11) is 0. The fourth-order valence-corrected chi connectivity index (χ4v) is 2.08. The number of hydrogen-bond donors (Lipinski definition) is 3. The third-order valence-corrected chi connectivity index (χ3v) is 3.40. The molecule has 0 aliphatic carbocycles. The van der Waals surface area contributed by atoms with Crippen molar-refractivity contribution in [2.24, 2.45) is 5.73 Å². The first kappa shape index (κ1) is 16.9. The molecule has 0 aliphatic heterocycles. The number of aromatic nitrogens is 4. The normalized spacial score (nSPS) is 13.3. The van der Waals surface area contributed by atoms with Crippen molar-refractivity contribution >= 4 is 11.9 Å². The molecule has 2 unspecified atom stereocenters. The number of nitrogens with zero attached hydrogens (tertiary/aromatic N) is 4. The van der Waals surface area contributed by atoms with E-state index in [9.17, 15) is 4.79 Å². The smallest absolute Gasteiger partial charge is 0.248 e. The Morgan fingerprint density at radius 3 is 2.74 bits per heavy atom. The predicted octanol–water partition coefficient (Wildman–Crippen LogP) is 0.706. The summed E-state index contributed by atoms with van der Waals surface area (Å²) in [5.41, 5.74) is 6.51. The largest absolute Gasteiger partial charge is 0.354 e. The predicted molar refractivity (Wildman–Crippen MR) is 88.1 cm³/mol. The average molecular weight is 317 g/mol. The van der Waals surface area contributed by atoms with E-state index in [1.807, 2.05) is 44.2 Å². The molecule has 1 amide bonds. The number of tetrazole rings is 1. The van der Waals surface area contributed by atoms with Crippen LogP contribution in [0.15, 0.2) is 30.3 Å². The summed E-state index contributed by atoms with van der Waals surface area (Å²) in [5, 5.41) is 17.6. The molecule has 0 bridgehead atoms. The van der Waals surface area contributed by atoms with Crippen LogP contribution in [-0.4, -0.2) is 44.7 Å². The van der Waals surface area contributed by atoms with Crippen molar-refractivity contribution in [1.82, 2.24) is 25.5 Å². The summed E-state index contributed by atoms with van der Waals surface area (Å²) in [5.74, 6) is 0.348. The third-order valence-electron chi connectivity index (χ3n) is 3.40. The van der Waals surface area contributed by atoms with Gasteiger partial charge in [0.25, 0.3) is 0 Å². The number of nitrogens with two attached hydrogens (primary N) is 1. The van der Waals surface area contributed by atoms with Crippen LogP contribution in [0.4, 0.5) is 5.95 Å². The van der Waals surface area contributed by atoms with Crippen LogP contribution in [0.2, 0.25) is 0 Å². The van der Waals surface area contributed by atoms with Crippen molar-refractivity contribution in [2.75, 3.05) is 11.9 Å². The van der Waals surface area contributed by atoms with Crippen LogP contribution in [0.25, 0.3) is 5.69 Å². The Kier molecular flexibility index (Phi) is 6.04. The summed E-state index contributed by atoms with van der Waals surface area (Å²) >= 11 is 0. The van der Waals surface area contributed by atoms with E-state index in [0.717, 1.165) is 12.1 Å². The zero-order valence-corrected chi connectivity index (χ0v) is 13.4. The van der Waals surface area contributed by atoms with Gasteiger partial charge in [-0.05, 0) is 42.3 Å². The van der Waals surface area contributed by atoms with Gasteiger partial charge in [0.15, 0.2) is 0 Å². The molecule has 124 valence electrons. The second-order valence-electron chi connectivity index (χ2n) is 5.41. The molecule has 8 nitrogen and oxygen atoms in total. The second-order valence-corrected chi connectivity index (χ2v) is 5.41. The molecular formula is C15H23N7O. The number of benzene rings is 1. The van der Waals surface area contributed by atoms with E-state index < -0.39 is 6.04 Å². The fraction of sp³-hybridized carbons (Fsp3) is 0.467. The lowest BCUT2D eigenvalue weighted by molar-refractivity contribution is -0.121. The number of rotatable bonds is 8. The van der Waals surface area contributed by atoms with Crippen LogP contribution in [0.3, 0.4) is 0 Å². The monoisotopic (exact) mass is 317 g/mol. The molecule has 1 aromatic heterocycles. The Balaban J connectivity index is 2.02. The molecule has 1 aromatic carbocycles. The first-order valence-corrected chi connectivity index (χ1v) is 7.75. The summed E-state index contributed by atoms with van der Waals surface area (Å²) in [6.07, 6.45) is 1.36. The topological polar surface area (TPSA) is 111 Å². The highest BCUT2D eigenvalue weighted by atomic mass is 16.2. The van der Waals surface area contributed by atoms with Gasteiger partial charge in [0.1, 0.15) is 6.04 Å². The highest BCUT2D eigenvalue weighted by molar-refractivity contribution is 5.84. The molecule has 2 rings (SSSR count). The van der Waals surface area contributed by atoms with Gasteiger partial charge in [-0.15, -0.1) is 0 Å². The van der Waals surface area contributed by atoms with Gasteiger partial charge < -0.3 is 16.4 Å². The zero-order valence-electron chi connectivity index (χ0n) is 13.4. The molecule has 0 fully saturated rings. The Morgan fingerprint density at radius 2 is 2.09 bits per heavy atom. The number of hydrogen-bond acceptors (Lipinski definition) is 6. The van der Waals surface area contributed by atoms with Gasteiger partial charge in [-0.2, -0.15) is 4.68 Å². The van der Waals surface area contributed by atoms with Crippen LogP contribution in [0.1, 0.15) is 26.7 Å². The zero-order chi connectivity index (χ0) is 16.7. The number of amides is 1. The van der Waals surface area contributed by atoms with Crippen LogP contribution in [0.5, 0.6) is 0 Å². The van der Waals surface area contributed by atoms with Crippen LogP contribution >= 0.6 is 0 Å². The van der Waals surface area contributed by atoms with Gasteiger partial charge in [-0.25, -0.2) is 0 Å². The first-order valence-electron chi connectivity index (χ1n) is 7.75. The van der Waals surface area contributed by atoms with Crippen molar-refractivity contribution < 1.29 is 4.79 Å². The maximum atomic E-state index is 12.2. The number of carbonyl (C=O) groups excluding carboxylic acids is 1. The minimum absolute atomic E-state index is 0.0636. The number of anilines is 1. The Bertz CT molecular complexity index is 611. The fourth-order valence-electron chi connectivity index (χ4n) is 2.08. The molecule has 0 saturated carbocycles. The van der Waals surface area contributed by atoms with Crippen molar-refractivity contribution in [3.63, 3.8) is 0 Å². The lowest BCUT2D eigenvalue weighted by Crippen LogP contribution is -2.41. The molecular weight excluding hydrogens is 294 g/mol. The summed E-state index contributed by atoms with van der Waals surface area (Å²) in [4.78, 5) is 12.2. The first-order chi connectivity index (χ1) is 11.1. The second kappa shape index (κ2) is 8.23. The van der Waals surface area contributed by atoms with E-state index in [-0.39, 0.29) is 11.9 Å². The molecule has 1 heterocycles. The van der Waals surface area contributed by atoms with Gasteiger partial charge in [-0.3, -0.25) is 4.79 Å². The molecule has 0 radical (unpaired) electrons. The minimum Gasteiger partial charge on any atom is -0.354 e. The van der Waals surface area contributed by atoms with Crippen LogP contribution < -0.4 is 16.4 Å². The Hall–Kier alpha value is -2.48. The van der Waals surface area contributed by atoms with E-state index >= 15 is 0 Å². The van der Waals surface area contributed by atoms with Gasteiger partial charge in [0.2, 0.25) is 11.9 Å². The van der Waals surface area contributed by atoms with Crippen LogP contribution in [-0.2, 0) is 4.79 Å². The molecule has 0 aliphatic rings. The maximum Gasteiger partial charge on any atom is 0.248 e. The molecule has 0 spiro atoms. The summed E-state index contributed by atoms with van der Waals surface area (Å²) in [6.45, 7) is 4.40. The SMILES string of the molecule is CCC(Nc1nnnn1-c1ccccc1)C(=O)NCCC(C)N. The van der Waals surface area contributed by atoms with E-state index in [1.54, 1.807) is 4.68 Å². The van der Waals surface area contributed by atoms with Gasteiger partial charge >= 0.3 is 0 Å². The highest BCUT2D eigenvalue weighted by Gasteiger charge is 2.19. The van der Waals surface area contributed by atoms with Crippen molar-refractivity contribution in [3.8, 4) is 5.69 Å². The molecule has 23 heavy (non-hydrogen) atoms. The van der Waals surface area contributed by atoms with Gasteiger partial charge in [0, 0.05) is 12.6 Å². The Morgan fingerprint density at radius 1 is 1.35 bits per heavy atom. The molecule has 2 aromatic rings. The third kappa shape index (κ3) is 4.75. The van der Waals surface area contributed by atoms with Gasteiger partial charge in [-0.1, -0.05) is 30.2 Å². The summed E-state index contributed by atoms with van der Waals surface area (Å²) < 4.78 is 1.57. The van der Waals surface area contributed by atoms with Crippen molar-refractivity contribution in [2.45, 2.75) is 38.8 Å². The van der Waals surface area contributed by atoms with E-state index in [4.69, 9.17) is 5.73 Å². The van der Waals surface area contributed by atoms with Gasteiger partial charge in [0.05, 0.1) is 5.69 Å². The molecule has 2 atom stereocenters. The molecule has 8 heteroatoms. The van der Waals surface area contributed by atoms with E-state index in [0.29, 0.717) is 18.9 Å². The maximum absolute atomic E-state index is 12.2. The average Bonchev–Trinajstić information content (AvgIpc) is 3.01. The summed E-state index contributed by atoms with van der Waals surface area (Å²) in [6, 6.07) is 9.17. The number of para-hydroxylation sites is 1. The molecule has 4 N–H and O–H groups in total. The number of carbonyl (C=O) groups is 1. The standard InChI is InChI=1S/C15H23N7O/c1-3-13(14(23)17-10-9-11(2)16)18-15-19-20-21-22(15)12-7-5-4-6-8-12/h4-8,11,13H,3,9-10,16H2,1-2H3,(H,17,23)(H,18,19,21). The lowest BCUT2D eigenvalue weighted by atomic mass is 10.2. The highest BCUT2D eigenvalue weighted by Crippen LogP contribution is 2.12.